The second-order valence-electron chi connectivity index (χ2n) is 6.99. The SMILES string of the molecule is NCC[C@H]1CC[C@@H](c2ccc(C(F)(F)F)c(S(N)(=O)=O)c2-c2nnn[nH]2)CC1. The molecule has 1 aliphatic carbocycles. The zero-order valence-corrected chi connectivity index (χ0v) is 15.7. The Labute approximate surface area is 159 Å². The molecule has 2 aromatic rings. The van der Waals surface area contributed by atoms with E-state index in [4.69, 9.17) is 10.9 Å². The number of halogens is 3. The summed E-state index contributed by atoms with van der Waals surface area (Å²) in [5.41, 5.74) is 4.52. The van der Waals surface area contributed by atoms with Crippen molar-refractivity contribution in [3.63, 3.8) is 0 Å². The largest absolute Gasteiger partial charge is 0.417 e. The number of tetrazole rings is 1. The maximum Gasteiger partial charge on any atom is 0.417 e. The molecule has 0 radical (unpaired) electrons. The number of nitrogens with one attached hydrogen (secondary N) is 1. The fourth-order valence-corrected chi connectivity index (χ4v) is 4.95. The van der Waals surface area contributed by atoms with Gasteiger partial charge in [0.15, 0.2) is 5.82 Å². The molecule has 8 nitrogen and oxygen atoms in total. The average Bonchev–Trinajstić information content (AvgIpc) is 3.14. The summed E-state index contributed by atoms with van der Waals surface area (Å²) in [5.74, 6) is 0.176. The number of nitrogens with zero attached hydrogens (tertiary/aromatic N) is 3. The van der Waals surface area contributed by atoms with E-state index in [0.717, 1.165) is 25.3 Å². The number of nitrogens with two attached hydrogens (primary N) is 2. The summed E-state index contributed by atoms with van der Waals surface area (Å²) in [6.07, 6.45) is -0.880. The number of primary sulfonamides is 1. The highest BCUT2D eigenvalue weighted by Gasteiger charge is 2.40. The van der Waals surface area contributed by atoms with Crippen molar-refractivity contribution in [3.8, 4) is 11.4 Å². The van der Waals surface area contributed by atoms with Crippen LogP contribution in [-0.2, 0) is 16.2 Å². The van der Waals surface area contributed by atoms with Gasteiger partial charge in [-0.15, -0.1) is 5.10 Å². The van der Waals surface area contributed by atoms with Crippen molar-refractivity contribution in [2.45, 2.75) is 49.1 Å². The summed E-state index contributed by atoms with van der Waals surface area (Å²) in [4.78, 5) is -1.000. The van der Waals surface area contributed by atoms with E-state index in [0.29, 0.717) is 30.9 Å². The third-order valence-electron chi connectivity index (χ3n) is 5.22. The predicted molar refractivity (Wildman–Crippen MR) is 94.4 cm³/mol. The number of benzene rings is 1. The number of alkyl halides is 3. The van der Waals surface area contributed by atoms with Crippen molar-refractivity contribution in [2.24, 2.45) is 16.8 Å². The van der Waals surface area contributed by atoms with Crippen molar-refractivity contribution >= 4 is 10.0 Å². The van der Waals surface area contributed by atoms with Gasteiger partial charge in [-0.2, -0.15) is 13.2 Å². The van der Waals surface area contributed by atoms with Crippen LogP contribution >= 0.6 is 0 Å². The van der Waals surface area contributed by atoms with Crippen LogP contribution in [0.1, 0.15) is 49.1 Å². The Bertz CT molecular complexity index is 923. The van der Waals surface area contributed by atoms with Crippen LogP contribution in [-0.4, -0.2) is 35.6 Å². The molecule has 0 aliphatic heterocycles. The number of hydrogen-bond acceptors (Lipinski definition) is 6. The Kier molecular flexibility index (Phi) is 5.73. The van der Waals surface area contributed by atoms with Gasteiger partial charge >= 0.3 is 6.18 Å². The van der Waals surface area contributed by atoms with Gasteiger partial charge in [0.1, 0.15) is 4.90 Å². The van der Waals surface area contributed by atoms with Crippen LogP contribution in [0.15, 0.2) is 17.0 Å². The smallest absolute Gasteiger partial charge is 0.330 e. The third kappa shape index (κ3) is 4.18. The van der Waals surface area contributed by atoms with Crippen LogP contribution in [0.3, 0.4) is 0 Å². The molecule has 1 aromatic carbocycles. The molecule has 0 unspecified atom stereocenters. The molecule has 1 aliphatic rings. The Morgan fingerprint density at radius 1 is 1.18 bits per heavy atom. The molecule has 0 atom stereocenters. The predicted octanol–water partition coefficient (Wildman–Crippen LogP) is 2.16. The second kappa shape index (κ2) is 7.76. The first-order chi connectivity index (χ1) is 13.1. The molecule has 1 aromatic heterocycles. The Morgan fingerprint density at radius 3 is 2.36 bits per heavy atom. The first-order valence-electron chi connectivity index (χ1n) is 8.84. The summed E-state index contributed by atoms with van der Waals surface area (Å²) in [7, 11) is -4.71. The molecular weight excluding hydrogens is 397 g/mol. The van der Waals surface area contributed by atoms with Crippen molar-refractivity contribution in [1.29, 1.82) is 0 Å². The molecule has 12 heteroatoms. The van der Waals surface area contributed by atoms with Gasteiger partial charge in [0, 0.05) is 5.56 Å². The van der Waals surface area contributed by atoms with E-state index in [-0.39, 0.29) is 17.3 Å². The fourth-order valence-electron chi connectivity index (χ4n) is 3.96. The Morgan fingerprint density at radius 2 is 1.86 bits per heavy atom. The third-order valence-corrected chi connectivity index (χ3v) is 6.22. The summed E-state index contributed by atoms with van der Waals surface area (Å²) >= 11 is 0. The van der Waals surface area contributed by atoms with Gasteiger partial charge in [0.2, 0.25) is 10.0 Å². The highest BCUT2D eigenvalue weighted by atomic mass is 32.2. The van der Waals surface area contributed by atoms with Gasteiger partial charge in [-0.25, -0.2) is 18.7 Å². The minimum Gasteiger partial charge on any atom is -0.330 e. The number of sulfonamides is 1. The van der Waals surface area contributed by atoms with E-state index < -0.39 is 26.7 Å². The molecule has 0 saturated heterocycles. The summed E-state index contributed by atoms with van der Waals surface area (Å²) < 4.78 is 64.9. The molecule has 0 spiro atoms. The van der Waals surface area contributed by atoms with Gasteiger partial charge in [0.05, 0.1) is 5.56 Å². The maximum atomic E-state index is 13.5. The minimum absolute atomic E-state index is 0.128. The zero-order chi connectivity index (χ0) is 20.5. The van der Waals surface area contributed by atoms with Crippen LogP contribution in [0.2, 0.25) is 0 Å². The lowest BCUT2D eigenvalue weighted by atomic mass is 9.76. The van der Waals surface area contributed by atoms with Crippen LogP contribution in [0.5, 0.6) is 0 Å². The highest BCUT2D eigenvalue weighted by Crippen LogP contribution is 2.45. The van der Waals surface area contributed by atoms with E-state index in [1.165, 1.54) is 6.07 Å². The normalized spacial score (nSPS) is 21.0. The number of H-pyrrole nitrogens is 1. The van der Waals surface area contributed by atoms with E-state index in [1.807, 2.05) is 0 Å². The van der Waals surface area contributed by atoms with Crippen LogP contribution in [0.4, 0.5) is 13.2 Å². The standard InChI is InChI=1S/C16H21F3N6O2S/c17-16(18,19)12-6-5-11(10-3-1-9(2-4-10)7-8-20)13(14(12)28(21,26)27)15-22-24-25-23-15/h5-6,9-10H,1-4,7-8,20H2,(H2,21,26,27)(H,22,23,24,25)/t9-,10+. The van der Waals surface area contributed by atoms with Gasteiger partial charge < -0.3 is 5.73 Å². The van der Waals surface area contributed by atoms with E-state index in [1.54, 1.807) is 0 Å². The topological polar surface area (TPSA) is 141 Å². The lowest BCUT2D eigenvalue weighted by molar-refractivity contribution is -0.139. The van der Waals surface area contributed by atoms with E-state index in [9.17, 15) is 21.6 Å². The number of aromatic nitrogens is 4. The lowest BCUT2D eigenvalue weighted by Crippen LogP contribution is -2.23. The first kappa shape index (κ1) is 20.7. The quantitative estimate of drug-likeness (QED) is 0.679. The Balaban J connectivity index is 2.17. The van der Waals surface area contributed by atoms with Gasteiger partial charge in [-0.3, -0.25) is 0 Å². The number of rotatable bonds is 5. The van der Waals surface area contributed by atoms with Crippen LogP contribution in [0, 0.1) is 5.92 Å². The van der Waals surface area contributed by atoms with Gasteiger partial charge in [0.25, 0.3) is 0 Å². The molecule has 0 bridgehead atoms. The van der Waals surface area contributed by atoms with Crippen molar-refractivity contribution in [1.82, 2.24) is 20.6 Å². The second-order valence-corrected chi connectivity index (χ2v) is 8.49. The summed E-state index contributed by atoms with van der Waals surface area (Å²) in [6, 6.07) is 2.08. The van der Waals surface area contributed by atoms with Crippen LogP contribution in [0.25, 0.3) is 11.4 Å². The zero-order valence-electron chi connectivity index (χ0n) is 14.9. The summed E-state index contributed by atoms with van der Waals surface area (Å²) in [5, 5.41) is 18.0. The minimum atomic E-state index is -4.90. The molecule has 1 fully saturated rings. The van der Waals surface area contributed by atoms with Gasteiger partial charge in [-0.1, -0.05) is 6.07 Å². The lowest BCUT2D eigenvalue weighted by Gasteiger charge is -2.30. The van der Waals surface area contributed by atoms with Crippen molar-refractivity contribution in [3.05, 3.63) is 23.3 Å². The van der Waals surface area contributed by atoms with Crippen molar-refractivity contribution < 1.29 is 21.6 Å². The van der Waals surface area contributed by atoms with Crippen molar-refractivity contribution in [2.75, 3.05) is 6.54 Å². The molecule has 5 N–H and O–H groups in total. The number of hydrogen-bond donors (Lipinski definition) is 3. The molecule has 1 saturated carbocycles. The molecule has 0 amide bonds. The van der Waals surface area contributed by atoms with E-state index in [2.05, 4.69) is 20.6 Å². The average molecular weight is 418 g/mol. The monoisotopic (exact) mass is 418 g/mol. The molecule has 154 valence electrons. The Hall–Kier alpha value is -2.05. The first-order valence-corrected chi connectivity index (χ1v) is 10.4. The molecule has 28 heavy (non-hydrogen) atoms. The summed E-state index contributed by atoms with van der Waals surface area (Å²) in [6.45, 7) is 0.583. The molecule has 3 rings (SSSR count). The highest BCUT2D eigenvalue weighted by molar-refractivity contribution is 7.89. The van der Waals surface area contributed by atoms with Crippen LogP contribution < -0.4 is 10.9 Å². The molecule has 1 heterocycles. The number of aromatic amines is 1. The van der Waals surface area contributed by atoms with E-state index >= 15 is 0 Å². The van der Waals surface area contributed by atoms with Gasteiger partial charge in [-0.05, 0) is 72.5 Å². The molecular formula is C16H21F3N6O2S. The maximum absolute atomic E-state index is 13.5. The fraction of sp³-hybridized carbons (Fsp3) is 0.562.